The Hall–Kier alpha value is -13.0. The maximum atomic E-state index is 14.1. The highest BCUT2D eigenvalue weighted by molar-refractivity contribution is 7.14. The Morgan fingerprint density at radius 1 is 0.448 bits per heavy atom. The van der Waals surface area contributed by atoms with Crippen LogP contribution in [0.15, 0.2) is 171 Å². The van der Waals surface area contributed by atoms with Crippen molar-refractivity contribution in [1.82, 2.24) is 0 Å². The lowest BCUT2D eigenvalue weighted by Crippen LogP contribution is -2.43. The van der Waals surface area contributed by atoms with Crippen LogP contribution < -0.4 is 28.9 Å². The van der Waals surface area contributed by atoms with Crippen molar-refractivity contribution in [2.24, 2.45) is 0 Å². The first-order chi connectivity index (χ1) is 59.6. The zero-order valence-electron chi connectivity index (χ0n) is 73.3. The monoisotopic (exact) mass is 1740 g/mol. The third-order valence-corrected chi connectivity index (χ3v) is 23.5. The lowest BCUT2D eigenvalue weighted by Gasteiger charge is -2.29. The Labute approximate surface area is 749 Å². The van der Waals surface area contributed by atoms with Crippen LogP contribution in [0.3, 0.4) is 0 Å². The predicted octanol–water partition coefficient (Wildman–Crippen LogP) is 26.9. The maximum Gasteiger partial charge on any atom is 0.430 e. The van der Waals surface area contributed by atoms with Gasteiger partial charge in [-0.2, -0.15) is 39.5 Å². The Morgan fingerprint density at radius 3 is 1.06 bits per heavy atom. The number of unbranched alkanes of at least 4 members (excludes halogenated alkanes) is 6. The van der Waals surface area contributed by atoms with Gasteiger partial charge in [-0.05, 0) is 207 Å². The highest BCUT2D eigenvalue weighted by atomic mass is 32.1. The number of hydrogen-bond donors (Lipinski definition) is 0. The van der Waals surface area contributed by atoms with Crippen molar-refractivity contribution in [2.75, 3.05) is 75.3 Å². The van der Waals surface area contributed by atoms with Crippen LogP contribution in [0.2, 0.25) is 0 Å². The summed E-state index contributed by atoms with van der Waals surface area (Å²) in [4.78, 5) is 33.5. The second-order valence-corrected chi connectivity index (χ2v) is 33.3. The molecule has 1 unspecified atom stereocenters. The number of nitrogens with zero attached hydrogens (tertiary/aromatic N) is 12. The van der Waals surface area contributed by atoms with Gasteiger partial charge in [0.05, 0.1) is 57.6 Å². The fourth-order valence-electron chi connectivity index (χ4n) is 13.0. The van der Waals surface area contributed by atoms with Crippen molar-refractivity contribution in [3.63, 3.8) is 0 Å². The first-order valence-corrected chi connectivity index (χ1v) is 43.6. The van der Waals surface area contributed by atoms with Crippen molar-refractivity contribution in [1.29, 1.82) is 31.6 Å². The Kier molecular flexibility index (Phi) is 41.4. The molecule has 3 aliphatic rings. The van der Waals surface area contributed by atoms with Crippen molar-refractivity contribution in [3.05, 3.63) is 251 Å². The number of allylic oxidation sites excluding steroid dienone is 4. The quantitative estimate of drug-likeness (QED) is 0.0204. The third kappa shape index (κ3) is 27.7. The van der Waals surface area contributed by atoms with E-state index >= 15 is 0 Å². The van der Waals surface area contributed by atoms with E-state index in [4.69, 9.17) is 63.9 Å². The summed E-state index contributed by atoms with van der Waals surface area (Å²) in [5, 5.41) is 54.0. The molecular formula is C100H111F3N12O7S3. The van der Waals surface area contributed by atoms with E-state index in [0.29, 0.717) is 10.5 Å². The lowest BCUT2D eigenvalue weighted by molar-refractivity contribution is -0.236. The van der Waals surface area contributed by atoms with Crippen molar-refractivity contribution < 1.29 is 46.4 Å². The zero-order valence-corrected chi connectivity index (χ0v) is 75.8. The number of benzene rings is 3. The summed E-state index contributed by atoms with van der Waals surface area (Å²) in [6.45, 7) is 51.6. The smallest absolute Gasteiger partial charge is 0.430 e. The Bertz CT molecular complexity index is 5450. The number of carbonyl (C=O) groups excluding carboxylic acids is 1. The molecule has 0 saturated carbocycles. The first kappa shape index (κ1) is 103. The standard InChI is InChI=1S/C33H33F3N4O2S.C33H36N4O2S.C22H29NO2S.C11H9N3O.CH4/c1-6-8-18-40(19-9-7-2)25-12-10-23(29(20-25)41-5)11-13-26-14-15-27(43-26)16-17-28-30(39-4)31(24(21-37)22-38)42-32(28,3)33(34,35)36;1-8-10-20-37(21-11-9-2)25-14-12-24(30(22-25)38-7)13-15-26-16-17-27(40-26)18-19-28-31(36-6)32(29(23-34)35-5)39-33(28,3)4;1-4-6-14-23(15-7-5-2)19-10-8-18(22(16-19)25-3)9-11-20-12-13-21(17-24)26-20;1-7-9(6-14)10(8(4-12)5-13)15-11(7,2)3;/h10-17,20H,6-9,18-19H2,1-3,5H3;12-19,22H,8-11,20-21H2,1-4,7H3;8-13,16-17H,4-7,14-15H2,1-3H3;1-3H3;1H4/b13-11+,17-16+;15-13+,19-18+,32-29+;11-9+;;. The van der Waals surface area contributed by atoms with E-state index in [0.717, 1.165) is 148 Å². The predicted molar refractivity (Wildman–Crippen MR) is 502 cm³/mol. The summed E-state index contributed by atoms with van der Waals surface area (Å²) < 4.78 is 75.7. The number of rotatable bonds is 35. The minimum Gasteiger partial charge on any atom is -0.505 e. The number of thiophene rings is 3. The summed E-state index contributed by atoms with van der Waals surface area (Å²) in [6, 6.07) is 40.8. The molecule has 9 rings (SSSR count). The van der Waals surface area contributed by atoms with Crippen molar-refractivity contribution in [3.8, 4) is 53.7 Å². The second kappa shape index (κ2) is 50.5. The summed E-state index contributed by atoms with van der Waals surface area (Å²) in [5.41, 5.74) is 2.03. The Morgan fingerprint density at radius 2 is 0.768 bits per heavy atom. The van der Waals surface area contributed by atoms with Gasteiger partial charge in [0.2, 0.25) is 17.0 Å². The van der Waals surface area contributed by atoms with Gasteiger partial charge in [0.25, 0.3) is 5.70 Å². The number of methoxy groups -OCH3 is 3. The Balaban J connectivity index is 0.000000312. The number of halogens is 3. The van der Waals surface area contributed by atoms with Gasteiger partial charge in [-0.15, -0.1) is 34.0 Å². The van der Waals surface area contributed by atoms with E-state index in [1.165, 1.54) is 110 Å². The normalized spacial score (nSPS) is 15.1. The van der Waals surface area contributed by atoms with Crippen LogP contribution in [0, 0.1) is 87.7 Å². The number of alkyl halides is 3. The number of aldehydes is 1. The molecule has 19 nitrogen and oxygen atoms in total. The third-order valence-electron chi connectivity index (χ3n) is 20.4. The molecule has 0 saturated heterocycles. The molecule has 6 aromatic rings. The van der Waals surface area contributed by atoms with Gasteiger partial charge in [0, 0.05) is 127 Å². The van der Waals surface area contributed by atoms with E-state index in [-0.39, 0.29) is 41.5 Å². The lowest BCUT2D eigenvalue weighted by atomic mass is 9.94. The highest BCUT2D eigenvalue weighted by Crippen LogP contribution is 2.51. The van der Waals surface area contributed by atoms with Gasteiger partial charge in [-0.25, -0.2) is 19.8 Å². The number of hydrogen-bond acceptors (Lipinski definition) is 19. The van der Waals surface area contributed by atoms with Crippen molar-refractivity contribution in [2.45, 2.75) is 191 Å². The maximum absolute atomic E-state index is 14.1. The molecule has 0 fully saturated rings. The molecule has 0 aliphatic carbocycles. The number of nitriles is 6. The number of anilines is 3. The van der Waals surface area contributed by atoms with E-state index in [9.17, 15) is 33.8 Å². The molecule has 6 heterocycles. The minimum atomic E-state index is -4.90. The number of ether oxygens (including phenoxy) is 6. The largest absolute Gasteiger partial charge is 0.505 e. The molecule has 0 bridgehead atoms. The average Bonchev–Trinajstić information content (AvgIpc) is 1.59. The molecule has 3 aromatic carbocycles. The van der Waals surface area contributed by atoms with Gasteiger partial charge < -0.3 is 43.1 Å². The van der Waals surface area contributed by atoms with Crippen LogP contribution in [-0.4, -0.2) is 89.9 Å². The SMILES string of the molecule is C.CC1=C(C#N)C(=C(C#N)C#N)OC1(C)C.CCCCN(CCCC)c1ccc(/C=C/c2ccc(C=O)s2)c(OC)c1.[C-]#[N+]C1=C(/C=C/c2ccc(/C=C/c3ccc(N(CCCC)CCCC)cc3OC)s2)C(C)(C(F)(F)F)OC1=C(C#N)C#N.[C-]#[N+]C1=C(/C=C/c2ccc(/C=C/c3ccc(N(CCCC)CCCC)cc3OC)s2)C(C)(C)O/C1=C(\C#N)[N+]#[C-]. The highest BCUT2D eigenvalue weighted by Gasteiger charge is 2.60. The van der Waals surface area contributed by atoms with Gasteiger partial charge in [-0.3, -0.25) is 4.79 Å². The molecule has 3 aliphatic heterocycles. The van der Waals surface area contributed by atoms with Crippen LogP contribution >= 0.6 is 34.0 Å². The van der Waals surface area contributed by atoms with Crippen LogP contribution in [0.25, 0.3) is 63.1 Å². The van der Waals surface area contributed by atoms with Crippen LogP contribution in [0.4, 0.5) is 30.2 Å². The minimum absolute atomic E-state index is 0. The molecule has 125 heavy (non-hydrogen) atoms. The van der Waals surface area contributed by atoms with Gasteiger partial charge in [0.15, 0.2) is 29.0 Å². The van der Waals surface area contributed by atoms with Gasteiger partial charge >= 0.3 is 6.18 Å². The van der Waals surface area contributed by atoms with Crippen molar-refractivity contribution >= 4 is 106 Å². The summed E-state index contributed by atoms with van der Waals surface area (Å²) in [7, 11) is 5.07. The molecule has 3 aromatic heterocycles. The van der Waals surface area contributed by atoms with E-state index < -0.39 is 45.6 Å². The first-order valence-electron chi connectivity index (χ1n) is 41.1. The average molecular weight is 1750 g/mol. The van der Waals surface area contributed by atoms with Crippen LogP contribution in [0.1, 0.15) is 218 Å². The molecule has 0 amide bonds. The number of carbonyl (C=O) groups is 1. The summed E-state index contributed by atoms with van der Waals surface area (Å²) in [5.74, 6) is 1.98. The topological polar surface area (TPSA) is 238 Å². The van der Waals surface area contributed by atoms with Crippen LogP contribution in [0.5, 0.6) is 17.2 Å². The molecule has 0 radical (unpaired) electrons. The summed E-state index contributed by atoms with van der Waals surface area (Å²) >= 11 is 4.46. The molecule has 1 atom stereocenters. The molecular weight excluding hydrogens is 1630 g/mol. The van der Waals surface area contributed by atoms with E-state index in [2.05, 4.69) is 131 Å². The molecule has 25 heteroatoms. The van der Waals surface area contributed by atoms with Gasteiger partial charge in [-0.1, -0.05) is 99.6 Å². The molecule has 0 N–H and O–H groups in total. The van der Waals surface area contributed by atoms with Gasteiger partial charge in [0.1, 0.15) is 64.6 Å². The zero-order chi connectivity index (χ0) is 91.2. The summed E-state index contributed by atoms with van der Waals surface area (Å²) in [6.07, 6.45) is 28.4. The van der Waals surface area contributed by atoms with E-state index in [1.807, 2.05) is 98.8 Å². The fourth-order valence-corrected chi connectivity index (χ4v) is 15.4. The van der Waals surface area contributed by atoms with Crippen LogP contribution in [-0.2, 0) is 14.2 Å². The van der Waals surface area contributed by atoms with E-state index in [1.54, 1.807) is 71.6 Å². The molecule has 0 spiro atoms. The molecule has 652 valence electrons. The fraction of sp³-hybridized carbons (Fsp3) is 0.380. The second-order valence-electron chi connectivity index (χ2n) is 29.8.